The molecule has 0 bridgehead atoms. The molecular formula is C20H17ClN4O3S. The number of thiazole rings is 1. The van der Waals surface area contributed by atoms with E-state index in [4.69, 9.17) is 11.6 Å². The van der Waals surface area contributed by atoms with Gasteiger partial charge >= 0.3 is 0 Å². The fourth-order valence-corrected chi connectivity index (χ4v) is 4.50. The Labute approximate surface area is 176 Å². The van der Waals surface area contributed by atoms with Gasteiger partial charge in [0.15, 0.2) is 5.13 Å². The van der Waals surface area contributed by atoms with E-state index in [9.17, 15) is 14.9 Å². The first kappa shape index (κ1) is 19.5. The van der Waals surface area contributed by atoms with Gasteiger partial charge in [0.25, 0.3) is 11.6 Å². The number of anilines is 1. The number of carbonyl (C=O) groups is 1. The van der Waals surface area contributed by atoms with E-state index in [1.807, 2.05) is 18.2 Å². The van der Waals surface area contributed by atoms with E-state index in [-0.39, 0.29) is 16.3 Å². The molecule has 148 valence electrons. The lowest BCUT2D eigenvalue weighted by molar-refractivity contribution is -0.385. The highest BCUT2D eigenvalue weighted by atomic mass is 35.5. The molecule has 1 aliphatic rings. The summed E-state index contributed by atoms with van der Waals surface area (Å²) in [4.78, 5) is 31.1. The number of fused-ring (bicyclic) bond motifs is 1. The monoisotopic (exact) mass is 428 g/mol. The molecule has 0 saturated carbocycles. The number of hydrogen-bond donors (Lipinski definition) is 1. The van der Waals surface area contributed by atoms with Crippen LogP contribution in [-0.2, 0) is 19.5 Å². The number of nitro groups is 1. The van der Waals surface area contributed by atoms with Gasteiger partial charge in [-0.2, -0.15) is 0 Å². The summed E-state index contributed by atoms with van der Waals surface area (Å²) in [5, 5.41) is 14.6. The Morgan fingerprint density at radius 2 is 2.07 bits per heavy atom. The van der Waals surface area contributed by atoms with Gasteiger partial charge in [-0.05, 0) is 17.7 Å². The summed E-state index contributed by atoms with van der Waals surface area (Å²) in [7, 11) is 0. The minimum atomic E-state index is -0.616. The number of halogens is 1. The van der Waals surface area contributed by atoms with Gasteiger partial charge in [-0.15, -0.1) is 11.3 Å². The first-order valence-electron chi connectivity index (χ1n) is 9.00. The zero-order valence-electron chi connectivity index (χ0n) is 15.3. The number of nitro benzene ring substituents is 1. The smallest absolute Gasteiger partial charge is 0.283 e. The SMILES string of the molecule is O=C(Nc1nc2c(s1)CN(Cc1ccccc1)CC2)c1ccc(Cl)cc1[N+](=O)[O-]. The third kappa shape index (κ3) is 4.45. The first-order chi connectivity index (χ1) is 14.0. The van der Waals surface area contributed by atoms with Crippen LogP contribution in [0.5, 0.6) is 0 Å². The molecule has 0 atom stereocenters. The first-order valence-corrected chi connectivity index (χ1v) is 10.2. The molecule has 9 heteroatoms. The lowest BCUT2D eigenvalue weighted by Crippen LogP contribution is -2.29. The average molecular weight is 429 g/mol. The van der Waals surface area contributed by atoms with Crippen LogP contribution >= 0.6 is 22.9 Å². The minimum absolute atomic E-state index is 0.0433. The van der Waals surface area contributed by atoms with Gasteiger partial charge in [-0.1, -0.05) is 41.9 Å². The molecule has 4 rings (SSSR count). The largest absolute Gasteiger partial charge is 0.298 e. The Kier molecular flexibility index (Phi) is 5.57. The van der Waals surface area contributed by atoms with Crippen molar-refractivity contribution in [3.63, 3.8) is 0 Å². The van der Waals surface area contributed by atoms with Crippen LogP contribution in [0.15, 0.2) is 48.5 Å². The van der Waals surface area contributed by atoms with Crippen LogP contribution in [0.4, 0.5) is 10.8 Å². The number of benzene rings is 2. The van der Waals surface area contributed by atoms with Crippen molar-refractivity contribution >= 4 is 39.7 Å². The zero-order chi connectivity index (χ0) is 20.4. The van der Waals surface area contributed by atoms with E-state index in [1.54, 1.807) is 0 Å². The van der Waals surface area contributed by atoms with Crippen molar-refractivity contribution in [3.05, 3.63) is 85.4 Å². The molecular weight excluding hydrogens is 412 g/mol. The highest BCUT2D eigenvalue weighted by Crippen LogP contribution is 2.30. The van der Waals surface area contributed by atoms with Crippen LogP contribution < -0.4 is 5.32 Å². The third-order valence-corrected chi connectivity index (χ3v) is 5.91. The molecule has 0 aliphatic carbocycles. The van der Waals surface area contributed by atoms with E-state index in [0.717, 1.165) is 36.6 Å². The number of amides is 1. The quantitative estimate of drug-likeness (QED) is 0.477. The average Bonchev–Trinajstić information content (AvgIpc) is 3.10. The van der Waals surface area contributed by atoms with Gasteiger partial charge in [-0.3, -0.25) is 25.1 Å². The second-order valence-corrected chi connectivity index (χ2v) is 8.23. The molecule has 0 fully saturated rings. The normalized spacial score (nSPS) is 13.7. The van der Waals surface area contributed by atoms with Crippen LogP contribution in [0.3, 0.4) is 0 Å². The van der Waals surface area contributed by atoms with Gasteiger partial charge in [0.1, 0.15) is 5.56 Å². The summed E-state index contributed by atoms with van der Waals surface area (Å²) >= 11 is 7.22. The Morgan fingerprint density at radius 1 is 1.28 bits per heavy atom. The summed E-state index contributed by atoms with van der Waals surface area (Å²) in [6.45, 7) is 2.51. The van der Waals surface area contributed by atoms with Crippen LogP contribution in [-0.4, -0.2) is 27.3 Å². The Morgan fingerprint density at radius 3 is 2.83 bits per heavy atom. The topological polar surface area (TPSA) is 88.4 Å². The molecule has 1 amide bonds. The molecule has 0 unspecified atom stereocenters. The standard InChI is InChI=1S/C20H17ClN4O3S/c21-14-6-7-15(17(10-14)25(27)28)19(26)23-20-22-16-8-9-24(12-18(16)29-20)11-13-4-2-1-3-5-13/h1-7,10H,8-9,11-12H2,(H,22,23,26). The minimum Gasteiger partial charge on any atom is -0.298 e. The van der Waals surface area contributed by atoms with E-state index in [2.05, 4.69) is 27.3 Å². The lowest BCUT2D eigenvalue weighted by Gasteiger charge is -2.25. The van der Waals surface area contributed by atoms with Gasteiger partial charge in [-0.25, -0.2) is 4.98 Å². The van der Waals surface area contributed by atoms with Crippen molar-refractivity contribution in [2.45, 2.75) is 19.5 Å². The Balaban J connectivity index is 1.47. The molecule has 2 aromatic carbocycles. The summed E-state index contributed by atoms with van der Waals surface area (Å²) < 4.78 is 0. The van der Waals surface area contributed by atoms with E-state index < -0.39 is 10.8 Å². The molecule has 0 radical (unpaired) electrons. The van der Waals surface area contributed by atoms with E-state index in [0.29, 0.717) is 5.13 Å². The van der Waals surface area contributed by atoms with Crippen LogP contribution in [0.2, 0.25) is 5.02 Å². The number of rotatable bonds is 5. The molecule has 0 spiro atoms. The maximum Gasteiger partial charge on any atom is 0.283 e. The van der Waals surface area contributed by atoms with Crippen molar-refractivity contribution < 1.29 is 9.72 Å². The predicted molar refractivity (Wildman–Crippen MR) is 112 cm³/mol. The fourth-order valence-electron chi connectivity index (χ4n) is 3.29. The van der Waals surface area contributed by atoms with Crippen molar-refractivity contribution in [2.24, 2.45) is 0 Å². The summed E-state index contributed by atoms with van der Waals surface area (Å²) in [5.41, 5.74) is 1.85. The van der Waals surface area contributed by atoms with Gasteiger partial charge in [0.2, 0.25) is 0 Å². The van der Waals surface area contributed by atoms with Crippen LogP contribution in [0, 0.1) is 10.1 Å². The summed E-state index contributed by atoms with van der Waals surface area (Å²) in [6, 6.07) is 14.2. The maximum atomic E-state index is 12.6. The van der Waals surface area contributed by atoms with Gasteiger partial charge < -0.3 is 0 Å². The van der Waals surface area contributed by atoms with Crippen molar-refractivity contribution in [1.29, 1.82) is 0 Å². The highest BCUT2D eigenvalue weighted by molar-refractivity contribution is 7.15. The van der Waals surface area contributed by atoms with E-state index in [1.165, 1.54) is 35.1 Å². The maximum absolute atomic E-state index is 12.6. The van der Waals surface area contributed by atoms with Crippen molar-refractivity contribution in [3.8, 4) is 0 Å². The second-order valence-electron chi connectivity index (χ2n) is 6.71. The molecule has 0 saturated heterocycles. The van der Waals surface area contributed by atoms with Gasteiger partial charge in [0.05, 0.1) is 10.6 Å². The molecule has 3 aromatic rings. The summed E-state index contributed by atoms with van der Waals surface area (Å²) in [5.74, 6) is -0.569. The van der Waals surface area contributed by atoms with Crippen LogP contribution in [0.25, 0.3) is 0 Å². The predicted octanol–water partition coefficient (Wildman–Crippen LogP) is 4.52. The molecule has 1 aliphatic heterocycles. The third-order valence-electron chi connectivity index (χ3n) is 4.68. The van der Waals surface area contributed by atoms with E-state index >= 15 is 0 Å². The highest BCUT2D eigenvalue weighted by Gasteiger charge is 2.24. The Hall–Kier alpha value is -2.81. The zero-order valence-corrected chi connectivity index (χ0v) is 16.9. The van der Waals surface area contributed by atoms with Gasteiger partial charge in [0, 0.05) is 42.0 Å². The number of aromatic nitrogens is 1. The van der Waals surface area contributed by atoms with Crippen molar-refractivity contribution in [2.75, 3.05) is 11.9 Å². The number of nitrogens with zero attached hydrogens (tertiary/aromatic N) is 3. The second kappa shape index (κ2) is 8.28. The molecule has 2 heterocycles. The number of carbonyl (C=O) groups excluding carboxylic acids is 1. The fraction of sp³-hybridized carbons (Fsp3) is 0.200. The number of hydrogen-bond acceptors (Lipinski definition) is 6. The summed E-state index contributed by atoms with van der Waals surface area (Å²) in [6.07, 6.45) is 0.801. The molecule has 7 nitrogen and oxygen atoms in total. The van der Waals surface area contributed by atoms with Crippen LogP contribution in [0.1, 0.15) is 26.5 Å². The lowest BCUT2D eigenvalue weighted by atomic mass is 10.1. The number of nitrogens with one attached hydrogen (secondary N) is 1. The molecule has 1 N–H and O–H groups in total. The van der Waals surface area contributed by atoms with Crippen molar-refractivity contribution in [1.82, 2.24) is 9.88 Å². The molecule has 1 aromatic heterocycles. The Bertz CT molecular complexity index is 1070. The molecule has 29 heavy (non-hydrogen) atoms.